The van der Waals surface area contributed by atoms with Crippen LogP contribution in [0.25, 0.3) is 11.1 Å². The Morgan fingerprint density at radius 3 is 2.48 bits per heavy atom. The van der Waals surface area contributed by atoms with Crippen LogP contribution in [0.15, 0.2) is 63.8 Å². The van der Waals surface area contributed by atoms with Gasteiger partial charge in [0.15, 0.2) is 5.58 Å². The molecule has 130 valence electrons. The number of carbonyl (C=O) groups is 1. The fourth-order valence-corrected chi connectivity index (χ4v) is 2.98. The van der Waals surface area contributed by atoms with E-state index in [1.165, 1.54) is 4.57 Å². The number of hydrogen-bond acceptors (Lipinski definition) is 3. The van der Waals surface area contributed by atoms with Crippen LogP contribution in [0.2, 0.25) is 0 Å². The number of nitrogens with zero attached hydrogens (tertiary/aromatic N) is 1. The Labute approximate surface area is 146 Å². The molecule has 5 nitrogen and oxygen atoms in total. The third kappa shape index (κ3) is 3.99. The Morgan fingerprint density at radius 2 is 1.76 bits per heavy atom. The standard InChI is InChI=1S/C20H22N2O3/c1-14(2)12-16(15-8-4-3-5-9-15)21-19(23)13-22-17-10-6-7-11-18(17)25-20(22)24/h3-11,14,16H,12-13H2,1-2H3,(H,21,23). The summed E-state index contributed by atoms with van der Waals surface area (Å²) in [6.07, 6.45) is 0.830. The first-order chi connectivity index (χ1) is 12.0. The lowest BCUT2D eigenvalue weighted by atomic mass is 9.97. The molecule has 0 aliphatic carbocycles. The summed E-state index contributed by atoms with van der Waals surface area (Å²) in [6, 6.07) is 16.9. The predicted octanol–water partition coefficient (Wildman–Crippen LogP) is 3.50. The van der Waals surface area contributed by atoms with E-state index in [0.29, 0.717) is 17.0 Å². The monoisotopic (exact) mass is 338 g/mol. The lowest BCUT2D eigenvalue weighted by Crippen LogP contribution is -2.34. The Balaban J connectivity index is 1.79. The minimum atomic E-state index is -0.517. The van der Waals surface area contributed by atoms with Crippen LogP contribution >= 0.6 is 0 Å². The van der Waals surface area contributed by atoms with E-state index >= 15 is 0 Å². The summed E-state index contributed by atoms with van der Waals surface area (Å²) in [6.45, 7) is 4.18. The van der Waals surface area contributed by atoms with Crippen molar-refractivity contribution >= 4 is 17.0 Å². The van der Waals surface area contributed by atoms with Crippen molar-refractivity contribution in [1.29, 1.82) is 0 Å². The lowest BCUT2D eigenvalue weighted by molar-refractivity contribution is -0.122. The number of rotatable bonds is 6. The van der Waals surface area contributed by atoms with E-state index in [-0.39, 0.29) is 18.5 Å². The van der Waals surface area contributed by atoms with Gasteiger partial charge in [-0.3, -0.25) is 9.36 Å². The summed E-state index contributed by atoms with van der Waals surface area (Å²) in [5, 5.41) is 3.05. The number of oxazole rings is 1. The maximum absolute atomic E-state index is 12.6. The van der Waals surface area contributed by atoms with Crippen LogP contribution in [0.1, 0.15) is 31.9 Å². The first-order valence-electron chi connectivity index (χ1n) is 8.47. The maximum Gasteiger partial charge on any atom is 0.420 e. The molecule has 3 aromatic rings. The molecule has 0 spiro atoms. The average molecular weight is 338 g/mol. The third-order valence-corrected chi connectivity index (χ3v) is 4.12. The summed E-state index contributed by atoms with van der Waals surface area (Å²) in [4.78, 5) is 24.6. The van der Waals surface area contributed by atoms with E-state index in [4.69, 9.17) is 4.42 Å². The molecule has 1 heterocycles. The molecule has 1 atom stereocenters. The van der Waals surface area contributed by atoms with Gasteiger partial charge in [-0.05, 0) is 30.0 Å². The van der Waals surface area contributed by atoms with Crippen molar-refractivity contribution in [2.24, 2.45) is 5.92 Å². The minimum absolute atomic E-state index is 0.0583. The Bertz CT molecular complexity index is 909. The van der Waals surface area contributed by atoms with Gasteiger partial charge in [0, 0.05) is 0 Å². The number of nitrogens with one attached hydrogen (secondary N) is 1. The number of amides is 1. The average Bonchev–Trinajstić information content (AvgIpc) is 2.90. The van der Waals surface area contributed by atoms with Crippen LogP contribution in [0.5, 0.6) is 0 Å². The lowest BCUT2D eigenvalue weighted by Gasteiger charge is -2.21. The highest BCUT2D eigenvalue weighted by Crippen LogP contribution is 2.21. The van der Waals surface area contributed by atoms with Gasteiger partial charge in [0.2, 0.25) is 5.91 Å². The molecule has 1 aromatic heterocycles. The Kier molecular flexibility index (Phi) is 5.03. The van der Waals surface area contributed by atoms with Crippen LogP contribution in [0.3, 0.4) is 0 Å². The van der Waals surface area contributed by atoms with Gasteiger partial charge in [-0.25, -0.2) is 4.79 Å². The van der Waals surface area contributed by atoms with Crippen LogP contribution in [-0.2, 0) is 11.3 Å². The van der Waals surface area contributed by atoms with Gasteiger partial charge in [-0.15, -0.1) is 0 Å². The fourth-order valence-electron chi connectivity index (χ4n) is 2.98. The van der Waals surface area contributed by atoms with E-state index in [2.05, 4.69) is 19.2 Å². The normalized spacial score (nSPS) is 12.4. The maximum atomic E-state index is 12.6. The van der Waals surface area contributed by atoms with Gasteiger partial charge in [-0.2, -0.15) is 0 Å². The summed E-state index contributed by atoms with van der Waals surface area (Å²) >= 11 is 0. The molecule has 0 bridgehead atoms. The minimum Gasteiger partial charge on any atom is -0.408 e. The molecule has 0 saturated heterocycles. The molecule has 1 unspecified atom stereocenters. The van der Waals surface area contributed by atoms with Crippen molar-refractivity contribution in [2.45, 2.75) is 32.9 Å². The fraction of sp³-hybridized carbons (Fsp3) is 0.300. The summed E-state index contributed by atoms with van der Waals surface area (Å²) in [7, 11) is 0. The highest BCUT2D eigenvalue weighted by atomic mass is 16.4. The zero-order valence-corrected chi connectivity index (χ0v) is 14.4. The second kappa shape index (κ2) is 7.38. The molecule has 1 N–H and O–H groups in total. The van der Waals surface area contributed by atoms with Crippen LogP contribution in [0.4, 0.5) is 0 Å². The molecular formula is C20H22N2O3. The number of benzene rings is 2. The van der Waals surface area contributed by atoms with Crippen LogP contribution < -0.4 is 11.1 Å². The topological polar surface area (TPSA) is 64.2 Å². The smallest absolute Gasteiger partial charge is 0.408 e. The number of hydrogen-bond donors (Lipinski definition) is 1. The van der Waals surface area contributed by atoms with E-state index in [1.807, 2.05) is 36.4 Å². The molecule has 3 rings (SSSR count). The van der Waals surface area contributed by atoms with Crippen molar-refractivity contribution < 1.29 is 9.21 Å². The summed E-state index contributed by atoms with van der Waals surface area (Å²) in [5.74, 6) is -0.289. The molecule has 25 heavy (non-hydrogen) atoms. The van der Waals surface area contributed by atoms with Crippen molar-refractivity contribution in [3.05, 3.63) is 70.7 Å². The third-order valence-electron chi connectivity index (χ3n) is 4.12. The zero-order chi connectivity index (χ0) is 17.8. The van der Waals surface area contributed by atoms with Gasteiger partial charge in [-0.1, -0.05) is 56.3 Å². The number of aromatic nitrogens is 1. The Hall–Kier alpha value is -2.82. The largest absolute Gasteiger partial charge is 0.420 e. The molecule has 1 amide bonds. The number of para-hydroxylation sites is 2. The van der Waals surface area contributed by atoms with E-state index in [9.17, 15) is 9.59 Å². The van der Waals surface area contributed by atoms with E-state index in [0.717, 1.165) is 12.0 Å². The zero-order valence-electron chi connectivity index (χ0n) is 14.4. The highest BCUT2D eigenvalue weighted by molar-refractivity contribution is 5.79. The molecule has 5 heteroatoms. The van der Waals surface area contributed by atoms with Crippen molar-refractivity contribution in [2.75, 3.05) is 0 Å². The second-order valence-electron chi connectivity index (χ2n) is 6.58. The molecule has 0 aliphatic rings. The van der Waals surface area contributed by atoms with Gasteiger partial charge < -0.3 is 9.73 Å². The molecule has 0 aliphatic heterocycles. The molecular weight excluding hydrogens is 316 g/mol. The molecule has 0 radical (unpaired) electrons. The summed E-state index contributed by atoms with van der Waals surface area (Å²) < 4.78 is 6.54. The molecule has 2 aromatic carbocycles. The van der Waals surface area contributed by atoms with Gasteiger partial charge in [0.1, 0.15) is 6.54 Å². The quantitative estimate of drug-likeness (QED) is 0.748. The first-order valence-corrected chi connectivity index (χ1v) is 8.47. The number of fused-ring (bicyclic) bond motifs is 1. The van der Waals surface area contributed by atoms with E-state index in [1.54, 1.807) is 18.2 Å². The van der Waals surface area contributed by atoms with Crippen LogP contribution in [-0.4, -0.2) is 10.5 Å². The predicted molar refractivity (Wildman–Crippen MR) is 97.3 cm³/mol. The van der Waals surface area contributed by atoms with Crippen LogP contribution in [0, 0.1) is 5.92 Å². The highest BCUT2D eigenvalue weighted by Gasteiger charge is 2.18. The van der Waals surface area contributed by atoms with Crippen molar-refractivity contribution in [3.8, 4) is 0 Å². The van der Waals surface area contributed by atoms with E-state index < -0.39 is 5.76 Å². The second-order valence-corrected chi connectivity index (χ2v) is 6.58. The van der Waals surface area contributed by atoms with Gasteiger partial charge >= 0.3 is 5.76 Å². The first kappa shape index (κ1) is 17.0. The van der Waals surface area contributed by atoms with Gasteiger partial charge in [0.25, 0.3) is 0 Å². The number of carbonyl (C=O) groups excluding carboxylic acids is 1. The van der Waals surface area contributed by atoms with Crippen molar-refractivity contribution in [1.82, 2.24) is 9.88 Å². The Morgan fingerprint density at radius 1 is 1.08 bits per heavy atom. The SMILES string of the molecule is CC(C)CC(NC(=O)Cn1c(=O)oc2ccccc21)c1ccccc1. The van der Waals surface area contributed by atoms with Crippen molar-refractivity contribution in [3.63, 3.8) is 0 Å². The summed E-state index contributed by atoms with van der Waals surface area (Å²) in [5.41, 5.74) is 2.18. The van der Waals surface area contributed by atoms with Gasteiger partial charge in [0.05, 0.1) is 11.6 Å². The molecule has 0 saturated carbocycles. The molecule has 0 fully saturated rings.